The van der Waals surface area contributed by atoms with Crippen LogP contribution in [0.5, 0.6) is 0 Å². The van der Waals surface area contributed by atoms with Crippen molar-refractivity contribution < 1.29 is 0 Å². The van der Waals surface area contributed by atoms with Gasteiger partial charge in [-0.2, -0.15) is 0 Å². The van der Waals surface area contributed by atoms with Crippen LogP contribution in [-0.2, 0) is 0 Å². The normalized spacial score (nSPS) is 12.8. The molecule has 0 N–H and O–H groups in total. The Bertz CT molecular complexity index is 762. The lowest BCUT2D eigenvalue weighted by atomic mass is 10.0. The summed E-state index contributed by atoms with van der Waals surface area (Å²) in [5, 5.41) is 3.23. The fraction of sp³-hybridized carbons (Fsp3) is 0.0667. The van der Waals surface area contributed by atoms with E-state index in [-0.39, 0.29) is 4.83 Å². The van der Waals surface area contributed by atoms with Crippen molar-refractivity contribution in [2.75, 3.05) is 0 Å². The van der Waals surface area contributed by atoms with E-state index in [1.165, 1.54) is 21.2 Å². The SMILES string of the molecule is Clc1cc(C(Br)c2ccc3cc(Br)ccc3c2)sc1Br. The molecular weight excluding hydrogens is 487 g/mol. The molecule has 3 rings (SSSR count). The van der Waals surface area contributed by atoms with E-state index in [1.54, 1.807) is 11.3 Å². The van der Waals surface area contributed by atoms with E-state index >= 15 is 0 Å². The zero-order chi connectivity index (χ0) is 14.3. The van der Waals surface area contributed by atoms with Gasteiger partial charge in [0.2, 0.25) is 0 Å². The second-order valence-corrected chi connectivity index (χ2v) is 9.02. The van der Waals surface area contributed by atoms with Crippen LogP contribution in [-0.4, -0.2) is 0 Å². The van der Waals surface area contributed by atoms with Crippen LogP contribution in [0.3, 0.4) is 0 Å². The molecule has 20 heavy (non-hydrogen) atoms. The van der Waals surface area contributed by atoms with Crippen molar-refractivity contribution >= 4 is 81.5 Å². The van der Waals surface area contributed by atoms with Crippen molar-refractivity contribution in [1.29, 1.82) is 0 Å². The van der Waals surface area contributed by atoms with Crippen LogP contribution in [0.4, 0.5) is 0 Å². The van der Waals surface area contributed by atoms with Crippen molar-refractivity contribution in [3.63, 3.8) is 0 Å². The first kappa shape index (κ1) is 15.0. The third kappa shape index (κ3) is 3.00. The summed E-state index contributed by atoms with van der Waals surface area (Å²) in [4.78, 5) is 1.35. The molecule has 0 aliphatic carbocycles. The molecule has 0 nitrogen and oxygen atoms in total. The Labute approximate surface area is 151 Å². The van der Waals surface area contributed by atoms with Crippen molar-refractivity contribution in [3.8, 4) is 0 Å². The number of alkyl halides is 1. The number of benzene rings is 2. The maximum atomic E-state index is 6.11. The lowest BCUT2D eigenvalue weighted by Gasteiger charge is -2.09. The van der Waals surface area contributed by atoms with Gasteiger partial charge < -0.3 is 0 Å². The zero-order valence-electron chi connectivity index (χ0n) is 10.0. The maximum Gasteiger partial charge on any atom is 0.0887 e. The Morgan fingerprint density at radius 3 is 2.35 bits per heavy atom. The van der Waals surface area contributed by atoms with Gasteiger partial charge in [-0.25, -0.2) is 0 Å². The lowest BCUT2D eigenvalue weighted by molar-refractivity contribution is 1.23. The van der Waals surface area contributed by atoms with Gasteiger partial charge in [0.25, 0.3) is 0 Å². The number of hydrogen-bond donors (Lipinski definition) is 0. The van der Waals surface area contributed by atoms with E-state index in [4.69, 9.17) is 11.6 Å². The van der Waals surface area contributed by atoms with Crippen molar-refractivity contribution in [2.24, 2.45) is 0 Å². The first-order chi connectivity index (χ1) is 9.54. The smallest absolute Gasteiger partial charge is 0.0887 e. The maximum absolute atomic E-state index is 6.11. The Kier molecular flexibility index (Phi) is 4.58. The molecule has 0 fully saturated rings. The molecular formula is C15H8Br3ClS. The van der Waals surface area contributed by atoms with Gasteiger partial charge in [0, 0.05) is 9.35 Å². The van der Waals surface area contributed by atoms with Crippen LogP contribution in [0, 0.1) is 0 Å². The summed E-state index contributed by atoms with van der Waals surface area (Å²) < 4.78 is 2.07. The topological polar surface area (TPSA) is 0 Å². The third-order valence-corrected chi connectivity index (χ3v) is 7.39. The van der Waals surface area contributed by atoms with Crippen molar-refractivity contribution in [3.05, 3.63) is 66.2 Å². The molecule has 0 amide bonds. The predicted molar refractivity (Wildman–Crippen MR) is 99.4 cm³/mol. The molecule has 0 spiro atoms. The van der Waals surface area contributed by atoms with Gasteiger partial charge in [0.05, 0.1) is 13.6 Å². The minimum atomic E-state index is 0.157. The van der Waals surface area contributed by atoms with Crippen LogP contribution in [0.25, 0.3) is 10.8 Å². The largest absolute Gasteiger partial charge is 0.130 e. The standard InChI is InChI=1S/C15H8Br3ClS/c16-11-4-3-8-5-10(2-1-9(8)6-11)14(17)13-7-12(19)15(18)20-13/h1-7,14H. The quantitative estimate of drug-likeness (QED) is 0.322. The van der Waals surface area contributed by atoms with E-state index in [2.05, 4.69) is 84.2 Å². The fourth-order valence-corrected chi connectivity index (χ4v) is 4.87. The van der Waals surface area contributed by atoms with E-state index in [9.17, 15) is 0 Å². The summed E-state index contributed by atoms with van der Waals surface area (Å²) in [7, 11) is 0. The van der Waals surface area contributed by atoms with Crippen LogP contribution in [0.15, 0.2) is 50.7 Å². The van der Waals surface area contributed by atoms with Crippen LogP contribution >= 0.6 is 70.7 Å². The van der Waals surface area contributed by atoms with Crippen molar-refractivity contribution in [2.45, 2.75) is 4.83 Å². The molecule has 1 aromatic heterocycles. The molecule has 0 saturated heterocycles. The molecule has 0 radical (unpaired) electrons. The van der Waals surface area contributed by atoms with Gasteiger partial charge in [-0.05, 0) is 56.5 Å². The average Bonchev–Trinajstić information content (AvgIpc) is 2.77. The zero-order valence-corrected chi connectivity index (χ0v) is 16.4. The summed E-state index contributed by atoms with van der Waals surface area (Å²) in [6.45, 7) is 0. The monoisotopic (exact) mass is 492 g/mol. The van der Waals surface area contributed by atoms with Crippen LogP contribution in [0.2, 0.25) is 5.02 Å². The highest BCUT2D eigenvalue weighted by Crippen LogP contribution is 2.41. The summed E-state index contributed by atoms with van der Waals surface area (Å²) in [5.41, 5.74) is 1.23. The average molecular weight is 495 g/mol. The summed E-state index contributed by atoms with van der Waals surface area (Å²) in [6.07, 6.45) is 0. The third-order valence-electron chi connectivity index (χ3n) is 3.03. The van der Waals surface area contributed by atoms with Gasteiger partial charge in [-0.15, -0.1) is 11.3 Å². The highest BCUT2D eigenvalue weighted by atomic mass is 79.9. The van der Waals surface area contributed by atoms with E-state index in [1.807, 2.05) is 6.07 Å². The van der Waals surface area contributed by atoms with Gasteiger partial charge >= 0.3 is 0 Å². The van der Waals surface area contributed by atoms with Gasteiger partial charge in [0.1, 0.15) is 0 Å². The summed E-state index contributed by atoms with van der Waals surface area (Å²) >= 11 is 18.5. The van der Waals surface area contributed by atoms with Gasteiger partial charge in [-0.3, -0.25) is 0 Å². The Morgan fingerprint density at radius 2 is 1.65 bits per heavy atom. The molecule has 1 unspecified atom stereocenters. The number of fused-ring (bicyclic) bond motifs is 1. The van der Waals surface area contributed by atoms with Gasteiger partial charge in [-0.1, -0.05) is 61.7 Å². The second kappa shape index (κ2) is 6.09. The highest BCUT2D eigenvalue weighted by Gasteiger charge is 2.15. The number of rotatable bonds is 2. The minimum Gasteiger partial charge on any atom is -0.130 e. The van der Waals surface area contributed by atoms with Crippen LogP contribution in [0.1, 0.15) is 15.3 Å². The molecule has 0 bridgehead atoms. The van der Waals surface area contributed by atoms with E-state index < -0.39 is 0 Å². The van der Waals surface area contributed by atoms with E-state index in [0.717, 1.165) is 13.3 Å². The molecule has 1 heterocycles. The van der Waals surface area contributed by atoms with E-state index in [0.29, 0.717) is 0 Å². The number of thiophene rings is 1. The molecule has 3 aromatic rings. The first-order valence-corrected chi connectivity index (χ1v) is 9.52. The second-order valence-electron chi connectivity index (χ2n) is 4.38. The number of halogens is 4. The van der Waals surface area contributed by atoms with Gasteiger partial charge in [0.15, 0.2) is 0 Å². The first-order valence-electron chi connectivity index (χ1n) is 5.82. The van der Waals surface area contributed by atoms with Crippen molar-refractivity contribution in [1.82, 2.24) is 0 Å². The molecule has 0 saturated carbocycles. The molecule has 1 atom stereocenters. The minimum absolute atomic E-state index is 0.157. The van der Waals surface area contributed by atoms with Crippen LogP contribution < -0.4 is 0 Å². The highest BCUT2D eigenvalue weighted by molar-refractivity contribution is 9.11. The molecule has 102 valence electrons. The Morgan fingerprint density at radius 1 is 0.950 bits per heavy atom. The summed E-state index contributed by atoms with van der Waals surface area (Å²) in [5.74, 6) is 0. The Hall–Kier alpha value is 0.130. The fourth-order valence-electron chi connectivity index (χ4n) is 2.05. The molecule has 0 aliphatic rings. The Balaban J connectivity index is 2.03. The summed E-state index contributed by atoms with van der Waals surface area (Å²) in [6, 6.07) is 14.8. The lowest BCUT2D eigenvalue weighted by Crippen LogP contribution is -1.89. The molecule has 5 heteroatoms. The number of hydrogen-bond acceptors (Lipinski definition) is 1. The predicted octanol–water partition coefficient (Wildman–Crippen LogP) is 7.56. The molecule has 0 aliphatic heterocycles. The molecule has 2 aromatic carbocycles.